The summed E-state index contributed by atoms with van der Waals surface area (Å²) in [5.41, 5.74) is 4.14. The van der Waals surface area contributed by atoms with Gasteiger partial charge in [0.25, 0.3) is 5.91 Å². The van der Waals surface area contributed by atoms with Crippen molar-refractivity contribution in [1.82, 2.24) is 14.7 Å². The van der Waals surface area contributed by atoms with E-state index in [1.807, 2.05) is 23.4 Å². The van der Waals surface area contributed by atoms with Gasteiger partial charge < -0.3 is 9.64 Å². The number of carbonyl (C=O) groups excluding carboxylic acids is 2. The lowest BCUT2D eigenvalue weighted by Crippen LogP contribution is -2.44. The molecule has 6 nitrogen and oxygen atoms in total. The van der Waals surface area contributed by atoms with E-state index in [1.54, 1.807) is 6.92 Å². The fourth-order valence-corrected chi connectivity index (χ4v) is 4.17. The summed E-state index contributed by atoms with van der Waals surface area (Å²) in [5, 5.41) is 4.51. The van der Waals surface area contributed by atoms with Crippen LogP contribution in [0.4, 0.5) is 0 Å². The number of esters is 1. The van der Waals surface area contributed by atoms with Crippen LogP contribution in [0.15, 0.2) is 24.3 Å². The van der Waals surface area contributed by atoms with Gasteiger partial charge in [0.2, 0.25) is 0 Å². The van der Waals surface area contributed by atoms with Crippen molar-refractivity contribution in [1.29, 1.82) is 0 Å². The Hall–Kier alpha value is -2.63. The van der Waals surface area contributed by atoms with E-state index in [0.717, 1.165) is 30.8 Å². The fraction of sp³-hybridized carbons (Fsp3) is 0.522. The number of rotatable bonds is 5. The number of aromatic nitrogens is 2. The van der Waals surface area contributed by atoms with Crippen molar-refractivity contribution in [2.75, 3.05) is 19.7 Å². The Labute approximate surface area is 172 Å². The van der Waals surface area contributed by atoms with Crippen LogP contribution in [0.3, 0.4) is 0 Å². The zero-order valence-corrected chi connectivity index (χ0v) is 18.1. The van der Waals surface area contributed by atoms with Crippen LogP contribution in [-0.4, -0.2) is 46.3 Å². The number of hydrogen-bond donors (Lipinski definition) is 0. The molecule has 29 heavy (non-hydrogen) atoms. The molecule has 0 saturated carbocycles. The van der Waals surface area contributed by atoms with Gasteiger partial charge in [-0.1, -0.05) is 43.7 Å². The smallest absolute Gasteiger partial charge is 0.342 e. The molecule has 0 aliphatic carbocycles. The lowest BCUT2D eigenvalue weighted by molar-refractivity contribution is -0.137. The Kier molecular flexibility index (Phi) is 6.40. The van der Waals surface area contributed by atoms with Crippen molar-refractivity contribution in [2.24, 2.45) is 11.8 Å². The number of ether oxygens (including phenoxy) is 1. The van der Waals surface area contributed by atoms with Crippen LogP contribution >= 0.6 is 0 Å². The summed E-state index contributed by atoms with van der Waals surface area (Å²) in [5.74, 6) is 0.339. The van der Waals surface area contributed by atoms with Gasteiger partial charge >= 0.3 is 5.97 Å². The third kappa shape index (κ3) is 5.05. The Bertz CT molecular complexity index is 876. The number of likely N-dealkylation sites (tertiary alicyclic amines) is 1. The van der Waals surface area contributed by atoms with Gasteiger partial charge in [0.15, 0.2) is 6.61 Å². The first-order chi connectivity index (χ1) is 13.7. The standard InChI is InChI=1S/C23H31N3O3/c1-15-6-8-20(9-7-15)13-26-19(5)22(18(4)24-26)23(28)29-14-21(27)25-11-16(2)10-17(3)12-25/h6-9,16-17H,10-14H2,1-5H3/t16-,17+. The van der Waals surface area contributed by atoms with Crippen LogP contribution in [0, 0.1) is 32.6 Å². The minimum absolute atomic E-state index is 0.126. The molecular weight excluding hydrogens is 366 g/mol. The third-order valence-electron chi connectivity index (χ3n) is 5.59. The Morgan fingerprint density at radius 3 is 2.31 bits per heavy atom. The molecule has 3 rings (SSSR count). The van der Waals surface area contributed by atoms with Crippen molar-refractivity contribution in [2.45, 2.75) is 47.6 Å². The van der Waals surface area contributed by atoms with Crippen LogP contribution in [0.2, 0.25) is 0 Å². The summed E-state index contributed by atoms with van der Waals surface area (Å²) in [7, 11) is 0. The predicted molar refractivity (Wildman–Crippen MR) is 112 cm³/mol. The molecule has 6 heteroatoms. The third-order valence-corrected chi connectivity index (χ3v) is 5.59. The molecule has 156 valence electrons. The quantitative estimate of drug-likeness (QED) is 0.724. The summed E-state index contributed by atoms with van der Waals surface area (Å²) < 4.78 is 7.18. The van der Waals surface area contributed by atoms with Crippen LogP contribution in [0.1, 0.15) is 53.1 Å². The maximum atomic E-state index is 12.7. The monoisotopic (exact) mass is 397 g/mol. The molecule has 1 fully saturated rings. The van der Waals surface area contributed by atoms with Gasteiger partial charge in [-0.25, -0.2) is 4.79 Å². The highest BCUT2D eigenvalue weighted by Crippen LogP contribution is 2.21. The van der Waals surface area contributed by atoms with E-state index in [0.29, 0.717) is 29.6 Å². The van der Waals surface area contributed by atoms with Crippen molar-refractivity contribution in [3.8, 4) is 0 Å². The van der Waals surface area contributed by atoms with E-state index in [1.165, 1.54) is 5.56 Å². The van der Waals surface area contributed by atoms with Crippen LogP contribution < -0.4 is 0 Å². The van der Waals surface area contributed by atoms with Gasteiger partial charge in [-0.15, -0.1) is 0 Å². The molecular formula is C23H31N3O3. The van der Waals surface area contributed by atoms with Crippen molar-refractivity contribution in [3.63, 3.8) is 0 Å². The minimum atomic E-state index is -0.485. The summed E-state index contributed by atoms with van der Waals surface area (Å²) in [6, 6.07) is 8.24. The second-order valence-corrected chi connectivity index (χ2v) is 8.51. The van der Waals surface area contributed by atoms with Gasteiger partial charge in [0.1, 0.15) is 5.56 Å². The Morgan fingerprint density at radius 1 is 1.07 bits per heavy atom. The van der Waals surface area contributed by atoms with E-state index < -0.39 is 5.97 Å². The largest absolute Gasteiger partial charge is 0.452 e. The molecule has 0 bridgehead atoms. The second kappa shape index (κ2) is 8.80. The second-order valence-electron chi connectivity index (χ2n) is 8.51. The first-order valence-electron chi connectivity index (χ1n) is 10.3. The zero-order chi connectivity index (χ0) is 21.1. The molecule has 0 N–H and O–H groups in total. The molecule has 1 aliphatic heterocycles. The Morgan fingerprint density at radius 2 is 1.69 bits per heavy atom. The minimum Gasteiger partial charge on any atom is -0.452 e. The highest BCUT2D eigenvalue weighted by Gasteiger charge is 2.27. The topological polar surface area (TPSA) is 64.4 Å². The summed E-state index contributed by atoms with van der Waals surface area (Å²) in [6.07, 6.45) is 1.13. The normalized spacial score (nSPS) is 19.3. The molecule has 0 radical (unpaired) electrons. The summed E-state index contributed by atoms with van der Waals surface area (Å²) >= 11 is 0. The maximum absolute atomic E-state index is 12.7. The van der Waals surface area contributed by atoms with Gasteiger partial charge in [-0.3, -0.25) is 9.48 Å². The average molecular weight is 398 g/mol. The van der Waals surface area contributed by atoms with Crippen LogP contribution in [-0.2, 0) is 16.1 Å². The van der Waals surface area contributed by atoms with E-state index in [2.05, 4.69) is 43.2 Å². The van der Waals surface area contributed by atoms with Gasteiger partial charge in [-0.2, -0.15) is 5.10 Å². The summed E-state index contributed by atoms with van der Waals surface area (Å²) in [6.45, 7) is 11.8. The molecule has 1 aromatic carbocycles. The molecule has 2 atom stereocenters. The molecule has 1 aliphatic rings. The highest BCUT2D eigenvalue weighted by molar-refractivity contribution is 5.93. The first-order valence-corrected chi connectivity index (χ1v) is 10.3. The maximum Gasteiger partial charge on any atom is 0.342 e. The van der Waals surface area contributed by atoms with E-state index in [-0.39, 0.29) is 12.5 Å². The Balaban J connectivity index is 1.64. The number of carbonyl (C=O) groups is 2. The predicted octanol–water partition coefficient (Wildman–Crippen LogP) is 3.52. The molecule has 2 aromatic rings. The molecule has 0 spiro atoms. The fourth-order valence-electron chi connectivity index (χ4n) is 4.17. The number of amides is 1. The highest BCUT2D eigenvalue weighted by atomic mass is 16.5. The average Bonchev–Trinajstić information content (AvgIpc) is 2.94. The number of nitrogens with zero attached hydrogens (tertiary/aromatic N) is 3. The number of aryl methyl sites for hydroxylation is 2. The molecule has 1 amide bonds. The molecule has 1 aromatic heterocycles. The number of benzene rings is 1. The van der Waals surface area contributed by atoms with E-state index in [9.17, 15) is 9.59 Å². The van der Waals surface area contributed by atoms with E-state index >= 15 is 0 Å². The molecule has 2 heterocycles. The first kappa shape index (κ1) is 21.1. The summed E-state index contributed by atoms with van der Waals surface area (Å²) in [4.78, 5) is 27.0. The van der Waals surface area contributed by atoms with Crippen LogP contribution in [0.5, 0.6) is 0 Å². The van der Waals surface area contributed by atoms with Crippen LogP contribution in [0.25, 0.3) is 0 Å². The molecule has 0 unspecified atom stereocenters. The van der Waals surface area contributed by atoms with E-state index in [4.69, 9.17) is 4.74 Å². The molecule has 1 saturated heterocycles. The van der Waals surface area contributed by atoms with Gasteiger partial charge in [-0.05, 0) is 44.6 Å². The van der Waals surface area contributed by atoms with Crippen molar-refractivity contribution < 1.29 is 14.3 Å². The van der Waals surface area contributed by atoms with Gasteiger partial charge in [0, 0.05) is 13.1 Å². The SMILES string of the molecule is Cc1ccc(Cn2nc(C)c(C(=O)OCC(=O)N3C[C@H](C)C[C@H](C)C3)c2C)cc1. The zero-order valence-electron chi connectivity index (χ0n) is 18.1. The van der Waals surface area contributed by atoms with Crippen molar-refractivity contribution >= 4 is 11.9 Å². The van der Waals surface area contributed by atoms with Gasteiger partial charge in [0.05, 0.1) is 17.9 Å². The lowest BCUT2D eigenvalue weighted by Gasteiger charge is -2.34. The lowest BCUT2D eigenvalue weighted by atomic mass is 9.92. The number of piperidine rings is 1. The number of hydrogen-bond acceptors (Lipinski definition) is 4. The van der Waals surface area contributed by atoms with Crippen molar-refractivity contribution in [3.05, 3.63) is 52.3 Å².